The van der Waals surface area contributed by atoms with Crippen LogP contribution in [0.5, 0.6) is 0 Å². The van der Waals surface area contributed by atoms with E-state index in [9.17, 15) is 23.2 Å². The second-order valence-corrected chi connectivity index (χ2v) is 9.09. The number of primary amides is 1. The van der Waals surface area contributed by atoms with Crippen molar-refractivity contribution >= 4 is 40.1 Å². The van der Waals surface area contributed by atoms with E-state index in [-0.39, 0.29) is 35.8 Å². The van der Waals surface area contributed by atoms with Crippen LogP contribution in [0.2, 0.25) is 5.02 Å². The zero-order chi connectivity index (χ0) is 26.1. The minimum atomic E-state index is -1.61. The summed E-state index contributed by atoms with van der Waals surface area (Å²) < 4.78 is 35.8. The molecule has 1 aromatic carbocycles. The lowest BCUT2D eigenvalue weighted by Crippen LogP contribution is -2.47. The van der Waals surface area contributed by atoms with Gasteiger partial charge in [0.2, 0.25) is 5.91 Å². The maximum absolute atomic E-state index is 14.8. The standard InChI is InChI=1S/C24H24ClF2N5O4/c1-12(13-4-3-5-15(25)20(13)27)8-18(33)22-23(36-2)16(26)10-31(22)19(34)11-32-17-6-7-29-9-14(17)21(30-32)24(28)35/h3-7,9,12,16,22-23H,8,10-11H2,1-2H3,(H2,28,35)/t12-,16-,22+,23+/m0/s1. The van der Waals surface area contributed by atoms with Gasteiger partial charge in [-0.3, -0.25) is 24.0 Å². The van der Waals surface area contributed by atoms with Crippen molar-refractivity contribution in [1.29, 1.82) is 0 Å². The molecule has 36 heavy (non-hydrogen) atoms. The van der Waals surface area contributed by atoms with Crippen molar-refractivity contribution in [3.63, 3.8) is 0 Å². The fourth-order valence-electron chi connectivity index (χ4n) is 4.65. The van der Waals surface area contributed by atoms with Crippen LogP contribution in [0.4, 0.5) is 8.78 Å². The van der Waals surface area contributed by atoms with Crippen LogP contribution in [0.3, 0.4) is 0 Å². The smallest absolute Gasteiger partial charge is 0.269 e. The molecule has 4 atom stereocenters. The highest BCUT2D eigenvalue weighted by atomic mass is 35.5. The second kappa shape index (κ2) is 10.3. The Labute approximate surface area is 210 Å². The predicted octanol–water partition coefficient (Wildman–Crippen LogP) is 2.65. The Bertz CT molecular complexity index is 1330. The van der Waals surface area contributed by atoms with E-state index in [0.717, 1.165) is 4.90 Å². The van der Waals surface area contributed by atoms with Crippen molar-refractivity contribution in [2.45, 2.75) is 44.1 Å². The van der Waals surface area contributed by atoms with E-state index in [1.165, 1.54) is 36.3 Å². The molecule has 0 radical (unpaired) electrons. The lowest BCUT2D eigenvalue weighted by molar-refractivity contribution is -0.140. The summed E-state index contributed by atoms with van der Waals surface area (Å²) in [6.45, 7) is 0.911. The molecule has 2 N–H and O–H groups in total. The number of likely N-dealkylation sites (tertiary alicyclic amines) is 1. The number of ketones is 1. The number of pyridine rings is 1. The van der Waals surface area contributed by atoms with Crippen LogP contribution in [-0.2, 0) is 20.9 Å². The summed E-state index contributed by atoms with van der Waals surface area (Å²) in [6.07, 6.45) is -0.0862. The number of hydrogen-bond donors (Lipinski definition) is 1. The molecule has 12 heteroatoms. The molecule has 0 aliphatic carbocycles. The van der Waals surface area contributed by atoms with Crippen molar-refractivity contribution in [2.24, 2.45) is 5.73 Å². The molecule has 0 spiro atoms. The third-order valence-electron chi connectivity index (χ3n) is 6.39. The molecule has 3 aromatic rings. The molecule has 3 heterocycles. The van der Waals surface area contributed by atoms with Crippen LogP contribution in [0.1, 0.15) is 35.3 Å². The van der Waals surface area contributed by atoms with Crippen LogP contribution in [0.25, 0.3) is 10.9 Å². The summed E-state index contributed by atoms with van der Waals surface area (Å²) in [5.41, 5.74) is 6.01. The van der Waals surface area contributed by atoms with Crippen LogP contribution in [-0.4, -0.2) is 69.2 Å². The van der Waals surface area contributed by atoms with Crippen LogP contribution in [0.15, 0.2) is 36.7 Å². The van der Waals surface area contributed by atoms with Gasteiger partial charge in [-0.25, -0.2) is 8.78 Å². The van der Waals surface area contributed by atoms with Crippen LogP contribution < -0.4 is 5.73 Å². The normalized spacial score (nSPS) is 20.6. The molecule has 190 valence electrons. The topological polar surface area (TPSA) is 120 Å². The van der Waals surface area contributed by atoms with E-state index >= 15 is 0 Å². The van der Waals surface area contributed by atoms with Crippen LogP contribution >= 0.6 is 11.6 Å². The van der Waals surface area contributed by atoms with Crippen molar-refractivity contribution in [2.75, 3.05) is 13.7 Å². The Morgan fingerprint density at radius 1 is 1.31 bits per heavy atom. The lowest BCUT2D eigenvalue weighted by atomic mass is 9.91. The number of rotatable bonds is 8. The third kappa shape index (κ3) is 4.68. The molecule has 9 nitrogen and oxygen atoms in total. The first-order chi connectivity index (χ1) is 17.1. The third-order valence-corrected chi connectivity index (χ3v) is 6.68. The number of methoxy groups -OCH3 is 1. The SMILES string of the molecule is CO[C@H]1[C@@H](C(=O)C[C@H](C)c2cccc(Cl)c2F)N(C(=O)Cn2nc(C(N)=O)c3cnccc32)C[C@@H]1F. The quantitative estimate of drug-likeness (QED) is 0.488. The average Bonchev–Trinajstić information content (AvgIpc) is 3.38. The van der Waals surface area contributed by atoms with E-state index in [4.69, 9.17) is 22.1 Å². The first-order valence-electron chi connectivity index (χ1n) is 11.2. The minimum Gasteiger partial charge on any atom is -0.376 e. The van der Waals surface area contributed by atoms with Gasteiger partial charge in [-0.05, 0) is 23.6 Å². The highest BCUT2D eigenvalue weighted by Crippen LogP contribution is 2.31. The van der Waals surface area contributed by atoms with E-state index in [1.54, 1.807) is 19.1 Å². The lowest BCUT2D eigenvalue weighted by Gasteiger charge is -2.27. The molecule has 0 unspecified atom stereocenters. The maximum atomic E-state index is 14.8. The number of hydrogen-bond acceptors (Lipinski definition) is 6. The van der Waals surface area contributed by atoms with Gasteiger partial charge in [0, 0.05) is 25.9 Å². The largest absolute Gasteiger partial charge is 0.376 e. The maximum Gasteiger partial charge on any atom is 0.269 e. The Kier molecular flexibility index (Phi) is 7.32. The number of carbonyl (C=O) groups is 3. The van der Waals surface area contributed by atoms with E-state index in [2.05, 4.69) is 10.1 Å². The number of aromatic nitrogens is 3. The van der Waals surface area contributed by atoms with Crippen molar-refractivity contribution in [3.8, 4) is 0 Å². The summed E-state index contributed by atoms with van der Waals surface area (Å²) in [7, 11) is 1.26. The van der Waals surface area contributed by atoms with Crippen molar-refractivity contribution in [1.82, 2.24) is 19.7 Å². The number of ether oxygens (including phenoxy) is 1. The highest BCUT2D eigenvalue weighted by Gasteiger charge is 2.48. The highest BCUT2D eigenvalue weighted by molar-refractivity contribution is 6.30. The molecule has 2 aromatic heterocycles. The molecule has 0 saturated carbocycles. The summed E-state index contributed by atoms with van der Waals surface area (Å²) in [5, 5.41) is 4.42. The van der Waals surface area contributed by atoms with Gasteiger partial charge in [-0.15, -0.1) is 0 Å². The number of nitrogens with zero attached hydrogens (tertiary/aromatic N) is 4. The Morgan fingerprint density at radius 2 is 2.06 bits per heavy atom. The molecule has 1 aliphatic heterocycles. The molecule has 1 saturated heterocycles. The zero-order valence-corrected chi connectivity index (χ0v) is 20.3. The summed E-state index contributed by atoms with van der Waals surface area (Å²) >= 11 is 5.87. The van der Waals surface area contributed by atoms with E-state index in [1.807, 2.05) is 0 Å². The van der Waals surface area contributed by atoms with Gasteiger partial charge in [-0.2, -0.15) is 5.10 Å². The number of benzene rings is 1. The predicted molar refractivity (Wildman–Crippen MR) is 127 cm³/mol. The van der Waals surface area contributed by atoms with Gasteiger partial charge in [0.15, 0.2) is 11.5 Å². The Balaban J connectivity index is 1.59. The first kappa shape index (κ1) is 25.6. The summed E-state index contributed by atoms with van der Waals surface area (Å²) in [5.74, 6) is -3.08. The molecule has 1 aliphatic rings. The fourth-order valence-corrected chi connectivity index (χ4v) is 4.83. The molecule has 2 amide bonds. The monoisotopic (exact) mass is 519 g/mol. The first-order valence-corrected chi connectivity index (χ1v) is 11.5. The molecule has 0 bridgehead atoms. The summed E-state index contributed by atoms with van der Waals surface area (Å²) in [6, 6.07) is 4.84. The molecular formula is C24H24ClF2N5O4. The fraction of sp³-hybridized carbons (Fsp3) is 0.375. The minimum absolute atomic E-state index is 0.0598. The Morgan fingerprint density at radius 3 is 2.75 bits per heavy atom. The molecule has 4 rings (SSSR count). The number of carbonyl (C=O) groups excluding carboxylic acids is 3. The van der Waals surface area contributed by atoms with Crippen molar-refractivity contribution in [3.05, 3.63) is 58.8 Å². The number of halogens is 3. The number of amides is 2. The molecule has 1 fully saturated rings. The Hall–Kier alpha value is -3.44. The van der Waals surface area contributed by atoms with Gasteiger partial charge in [0.25, 0.3) is 5.91 Å². The molecular weight excluding hydrogens is 496 g/mol. The van der Waals surface area contributed by atoms with Gasteiger partial charge in [0.05, 0.1) is 22.5 Å². The number of nitrogens with two attached hydrogens (primary N) is 1. The van der Waals surface area contributed by atoms with Gasteiger partial charge in [0.1, 0.15) is 30.7 Å². The van der Waals surface area contributed by atoms with Gasteiger partial charge >= 0.3 is 0 Å². The number of fused-ring (bicyclic) bond motifs is 1. The average molecular weight is 520 g/mol. The van der Waals surface area contributed by atoms with E-state index in [0.29, 0.717) is 10.9 Å². The van der Waals surface area contributed by atoms with Crippen molar-refractivity contribution < 1.29 is 27.9 Å². The van der Waals surface area contributed by atoms with Gasteiger partial charge < -0.3 is 15.4 Å². The van der Waals surface area contributed by atoms with Gasteiger partial charge in [-0.1, -0.05) is 30.7 Å². The zero-order valence-electron chi connectivity index (χ0n) is 19.5. The summed E-state index contributed by atoms with van der Waals surface area (Å²) in [4.78, 5) is 43.5. The number of Topliss-reactive ketones (excluding diaryl/α,β-unsaturated/α-hetero) is 1. The van der Waals surface area contributed by atoms with Crippen LogP contribution in [0, 0.1) is 5.82 Å². The number of alkyl halides is 1. The van der Waals surface area contributed by atoms with E-state index < -0.39 is 47.7 Å². The second-order valence-electron chi connectivity index (χ2n) is 8.69.